The van der Waals surface area contributed by atoms with E-state index in [0.29, 0.717) is 23.4 Å². The van der Waals surface area contributed by atoms with Gasteiger partial charge in [0.25, 0.3) is 11.8 Å². The molecule has 8 heteroatoms. The van der Waals surface area contributed by atoms with Crippen LogP contribution in [0, 0.1) is 0 Å². The lowest BCUT2D eigenvalue weighted by Gasteiger charge is -2.26. The van der Waals surface area contributed by atoms with Crippen LogP contribution in [0.1, 0.15) is 41.0 Å². The van der Waals surface area contributed by atoms with Crippen molar-refractivity contribution >= 4 is 23.5 Å². The molecule has 3 rings (SSSR count). The number of morpholine rings is 1. The van der Waals surface area contributed by atoms with Crippen LogP contribution in [-0.2, 0) is 4.74 Å². The number of fused-ring (bicyclic) bond motifs is 1. The summed E-state index contributed by atoms with van der Waals surface area (Å²) in [6, 6.07) is 4.26. The number of ether oxygens (including phenoxy) is 1. The van der Waals surface area contributed by atoms with E-state index in [-0.39, 0.29) is 23.9 Å². The minimum atomic E-state index is -0.325. The van der Waals surface area contributed by atoms with Crippen molar-refractivity contribution in [2.45, 2.75) is 26.3 Å². The fourth-order valence-electron chi connectivity index (χ4n) is 3.31. The zero-order valence-corrected chi connectivity index (χ0v) is 15.8. The van der Waals surface area contributed by atoms with Gasteiger partial charge in [-0.1, -0.05) is 0 Å². The molecule has 1 fully saturated rings. The fourth-order valence-corrected chi connectivity index (χ4v) is 3.31. The van der Waals surface area contributed by atoms with Gasteiger partial charge in [-0.3, -0.25) is 19.4 Å². The van der Waals surface area contributed by atoms with Gasteiger partial charge < -0.3 is 15.4 Å². The summed E-state index contributed by atoms with van der Waals surface area (Å²) in [6.07, 6.45) is 0.855. The predicted octanol–water partition coefficient (Wildman–Crippen LogP) is 1.53. The number of carbonyl (C=O) groups excluding carboxylic acids is 3. The Morgan fingerprint density at radius 3 is 2.56 bits per heavy atom. The van der Waals surface area contributed by atoms with Crippen LogP contribution in [-0.4, -0.2) is 73.1 Å². The Morgan fingerprint density at radius 1 is 1.15 bits per heavy atom. The van der Waals surface area contributed by atoms with Gasteiger partial charge in [-0.25, -0.2) is 4.79 Å². The highest BCUT2D eigenvalue weighted by molar-refractivity contribution is 6.22. The standard InChI is InChI=1S/C19H26N4O4/c1-13(2)23-17(24)15-5-4-14(12-16(15)18(23)25)21-19(26)20-6-3-7-22-8-10-27-11-9-22/h4-5,12-13H,3,6-11H2,1-2H3,(H2,20,21,26). The third kappa shape index (κ3) is 4.45. The van der Waals surface area contributed by atoms with Crippen molar-refractivity contribution in [2.75, 3.05) is 44.7 Å². The van der Waals surface area contributed by atoms with Crippen LogP contribution in [0.5, 0.6) is 0 Å². The molecule has 2 heterocycles. The molecule has 146 valence electrons. The summed E-state index contributed by atoms with van der Waals surface area (Å²) in [4.78, 5) is 40.3. The smallest absolute Gasteiger partial charge is 0.319 e. The van der Waals surface area contributed by atoms with Crippen LogP contribution < -0.4 is 10.6 Å². The number of carbonyl (C=O) groups is 3. The molecule has 0 radical (unpaired) electrons. The van der Waals surface area contributed by atoms with Crippen molar-refractivity contribution in [3.8, 4) is 0 Å². The molecular weight excluding hydrogens is 348 g/mol. The summed E-state index contributed by atoms with van der Waals surface area (Å²) >= 11 is 0. The van der Waals surface area contributed by atoms with Gasteiger partial charge in [0.05, 0.1) is 24.3 Å². The number of anilines is 1. The number of urea groups is 1. The molecule has 27 heavy (non-hydrogen) atoms. The maximum absolute atomic E-state index is 12.4. The lowest BCUT2D eigenvalue weighted by Crippen LogP contribution is -2.38. The van der Waals surface area contributed by atoms with Gasteiger partial charge in [-0.15, -0.1) is 0 Å². The van der Waals surface area contributed by atoms with E-state index >= 15 is 0 Å². The Labute approximate surface area is 158 Å². The first-order valence-corrected chi connectivity index (χ1v) is 9.34. The fraction of sp³-hybridized carbons (Fsp3) is 0.526. The number of nitrogens with one attached hydrogen (secondary N) is 2. The summed E-state index contributed by atoms with van der Waals surface area (Å²) in [5, 5.41) is 5.54. The Morgan fingerprint density at radius 2 is 1.85 bits per heavy atom. The Bertz CT molecular complexity index is 728. The van der Waals surface area contributed by atoms with Crippen LogP contribution in [0.3, 0.4) is 0 Å². The number of imide groups is 1. The van der Waals surface area contributed by atoms with Crippen LogP contribution >= 0.6 is 0 Å². The van der Waals surface area contributed by atoms with Crippen molar-refractivity contribution in [1.29, 1.82) is 0 Å². The van der Waals surface area contributed by atoms with Gasteiger partial charge in [0, 0.05) is 31.4 Å². The molecule has 0 aliphatic carbocycles. The molecule has 2 aliphatic rings. The number of nitrogens with zero attached hydrogens (tertiary/aromatic N) is 2. The molecule has 0 bridgehead atoms. The van der Waals surface area contributed by atoms with E-state index in [0.717, 1.165) is 39.3 Å². The number of rotatable bonds is 6. The largest absolute Gasteiger partial charge is 0.379 e. The predicted molar refractivity (Wildman–Crippen MR) is 101 cm³/mol. The molecule has 0 aromatic heterocycles. The zero-order chi connectivity index (χ0) is 19.4. The number of benzene rings is 1. The number of hydrogen-bond donors (Lipinski definition) is 2. The van der Waals surface area contributed by atoms with Crippen molar-refractivity contribution in [2.24, 2.45) is 0 Å². The molecule has 0 atom stereocenters. The first kappa shape index (κ1) is 19.3. The maximum atomic E-state index is 12.4. The second kappa shape index (κ2) is 8.49. The van der Waals surface area contributed by atoms with Crippen LogP contribution in [0.25, 0.3) is 0 Å². The third-order valence-corrected chi connectivity index (χ3v) is 4.73. The maximum Gasteiger partial charge on any atom is 0.319 e. The highest BCUT2D eigenvalue weighted by Crippen LogP contribution is 2.27. The molecule has 1 aromatic carbocycles. The van der Waals surface area contributed by atoms with E-state index < -0.39 is 0 Å². The SMILES string of the molecule is CC(C)N1C(=O)c2ccc(NC(=O)NCCCN3CCOCC3)cc2C1=O. The summed E-state index contributed by atoms with van der Waals surface area (Å²) in [7, 11) is 0. The average Bonchev–Trinajstić information content (AvgIpc) is 2.90. The normalized spacial score (nSPS) is 17.4. The Hall–Kier alpha value is -2.45. The van der Waals surface area contributed by atoms with Crippen molar-refractivity contribution < 1.29 is 19.1 Å². The monoisotopic (exact) mass is 374 g/mol. The van der Waals surface area contributed by atoms with E-state index in [1.807, 2.05) is 0 Å². The quantitative estimate of drug-likeness (QED) is 0.582. The van der Waals surface area contributed by atoms with Crippen molar-refractivity contribution in [3.63, 3.8) is 0 Å². The van der Waals surface area contributed by atoms with E-state index in [2.05, 4.69) is 15.5 Å². The average molecular weight is 374 g/mol. The van der Waals surface area contributed by atoms with Crippen LogP contribution in [0.4, 0.5) is 10.5 Å². The Kier molecular flexibility index (Phi) is 6.08. The van der Waals surface area contributed by atoms with Gasteiger partial charge >= 0.3 is 6.03 Å². The third-order valence-electron chi connectivity index (χ3n) is 4.73. The first-order valence-electron chi connectivity index (χ1n) is 9.34. The van der Waals surface area contributed by atoms with E-state index in [1.165, 1.54) is 4.90 Å². The second-order valence-electron chi connectivity index (χ2n) is 7.02. The highest BCUT2D eigenvalue weighted by Gasteiger charge is 2.37. The van der Waals surface area contributed by atoms with Gasteiger partial charge in [-0.2, -0.15) is 0 Å². The Balaban J connectivity index is 1.49. The highest BCUT2D eigenvalue weighted by atomic mass is 16.5. The molecule has 0 spiro atoms. The summed E-state index contributed by atoms with van der Waals surface area (Å²) in [6.45, 7) is 8.47. The van der Waals surface area contributed by atoms with Gasteiger partial charge in [-0.05, 0) is 45.0 Å². The van der Waals surface area contributed by atoms with Gasteiger partial charge in [0.2, 0.25) is 0 Å². The zero-order valence-electron chi connectivity index (χ0n) is 15.8. The van der Waals surface area contributed by atoms with Crippen molar-refractivity contribution in [3.05, 3.63) is 29.3 Å². The van der Waals surface area contributed by atoms with Gasteiger partial charge in [0.15, 0.2) is 0 Å². The molecule has 1 aromatic rings. The lowest BCUT2D eigenvalue weighted by molar-refractivity contribution is 0.0375. The summed E-state index contributed by atoms with van der Waals surface area (Å²) < 4.78 is 5.31. The minimum absolute atomic E-state index is 0.205. The molecule has 2 aliphatic heterocycles. The number of hydrogen-bond acceptors (Lipinski definition) is 5. The lowest BCUT2D eigenvalue weighted by atomic mass is 10.1. The molecular formula is C19H26N4O4. The molecule has 2 N–H and O–H groups in total. The van der Waals surface area contributed by atoms with E-state index in [9.17, 15) is 14.4 Å². The topological polar surface area (TPSA) is 91.0 Å². The van der Waals surface area contributed by atoms with E-state index in [4.69, 9.17) is 4.74 Å². The van der Waals surface area contributed by atoms with Crippen molar-refractivity contribution in [1.82, 2.24) is 15.1 Å². The van der Waals surface area contributed by atoms with E-state index in [1.54, 1.807) is 32.0 Å². The first-order chi connectivity index (χ1) is 13.0. The molecule has 4 amide bonds. The van der Waals surface area contributed by atoms with Crippen LogP contribution in [0.2, 0.25) is 0 Å². The summed E-state index contributed by atoms with van der Waals surface area (Å²) in [5.74, 6) is -0.608. The van der Waals surface area contributed by atoms with Gasteiger partial charge in [0.1, 0.15) is 0 Å². The molecule has 0 unspecified atom stereocenters. The minimum Gasteiger partial charge on any atom is -0.379 e. The number of amides is 4. The summed E-state index contributed by atoms with van der Waals surface area (Å²) in [5.41, 5.74) is 1.20. The molecule has 0 saturated carbocycles. The molecule has 8 nitrogen and oxygen atoms in total. The molecule has 1 saturated heterocycles. The second-order valence-corrected chi connectivity index (χ2v) is 7.02. The van der Waals surface area contributed by atoms with Crippen LogP contribution in [0.15, 0.2) is 18.2 Å².